The summed E-state index contributed by atoms with van der Waals surface area (Å²) in [4.78, 5) is 12.5. The summed E-state index contributed by atoms with van der Waals surface area (Å²) >= 11 is 2.94. The molecule has 0 fully saturated rings. The summed E-state index contributed by atoms with van der Waals surface area (Å²) < 4.78 is 0.822. The van der Waals surface area contributed by atoms with Gasteiger partial charge in [0.2, 0.25) is 5.13 Å². The highest BCUT2D eigenvalue weighted by atomic mass is 32.2. The monoisotopic (exact) mass is 335 g/mol. The van der Waals surface area contributed by atoms with Crippen molar-refractivity contribution < 1.29 is 4.79 Å². The van der Waals surface area contributed by atoms with Gasteiger partial charge in [0, 0.05) is 12.1 Å². The van der Waals surface area contributed by atoms with Gasteiger partial charge in [-0.1, -0.05) is 23.1 Å². The van der Waals surface area contributed by atoms with Crippen molar-refractivity contribution in [3.8, 4) is 0 Å². The lowest BCUT2D eigenvalue weighted by Gasteiger charge is -2.13. The molecule has 0 spiro atoms. The number of carbonyl (C=O) groups is 1. The van der Waals surface area contributed by atoms with Crippen molar-refractivity contribution in [2.75, 3.05) is 17.6 Å². The fourth-order valence-electron chi connectivity index (χ4n) is 2.20. The molecular formula is C16H21N3OS2. The van der Waals surface area contributed by atoms with E-state index >= 15 is 0 Å². The van der Waals surface area contributed by atoms with Gasteiger partial charge in [0.05, 0.1) is 5.75 Å². The molecule has 2 rings (SSSR count). The second-order valence-corrected chi connectivity index (χ2v) is 7.43. The van der Waals surface area contributed by atoms with Crippen molar-refractivity contribution in [1.82, 2.24) is 10.2 Å². The molecule has 6 heteroatoms. The van der Waals surface area contributed by atoms with Gasteiger partial charge in [-0.15, -0.1) is 10.2 Å². The van der Waals surface area contributed by atoms with Crippen LogP contribution in [0.3, 0.4) is 0 Å². The van der Waals surface area contributed by atoms with Crippen molar-refractivity contribution in [1.29, 1.82) is 0 Å². The maximum atomic E-state index is 12.5. The van der Waals surface area contributed by atoms with Crippen LogP contribution in [0.5, 0.6) is 0 Å². The molecule has 0 radical (unpaired) electrons. The first kappa shape index (κ1) is 17.0. The molecule has 118 valence electrons. The summed E-state index contributed by atoms with van der Waals surface area (Å²) in [6, 6.07) is 2.00. The molecule has 4 nitrogen and oxygen atoms in total. The zero-order valence-corrected chi connectivity index (χ0v) is 15.2. The smallest absolute Gasteiger partial charge is 0.206 e. The second kappa shape index (κ2) is 7.24. The van der Waals surface area contributed by atoms with Gasteiger partial charge in [0.25, 0.3) is 0 Å². The van der Waals surface area contributed by atoms with Crippen LogP contribution in [0.2, 0.25) is 0 Å². The van der Waals surface area contributed by atoms with E-state index in [9.17, 15) is 4.79 Å². The summed E-state index contributed by atoms with van der Waals surface area (Å²) in [5.74, 6) is 0.540. The molecule has 1 aromatic carbocycles. The molecule has 1 aromatic heterocycles. The van der Waals surface area contributed by atoms with Crippen molar-refractivity contribution in [3.63, 3.8) is 0 Å². The van der Waals surface area contributed by atoms with Crippen molar-refractivity contribution >= 4 is 34.0 Å². The SMILES string of the molecule is CCNc1nnc(SCC(=O)c2cc(C)c(C)c(C)c2C)s1. The number of hydrogen-bond acceptors (Lipinski definition) is 6. The quantitative estimate of drug-likeness (QED) is 0.634. The van der Waals surface area contributed by atoms with E-state index < -0.39 is 0 Å². The third-order valence-electron chi connectivity index (χ3n) is 3.84. The maximum absolute atomic E-state index is 12.5. The summed E-state index contributed by atoms with van der Waals surface area (Å²) in [6.07, 6.45) is 0. The summed E-state index contributed by atoms with van der Waals surface area (Å²) in [5, 5.41) is 12.1. The number of nitrogens with zero attached hydrogens (tertiary/aromatic N) is 2. The van der Waals surface area contributed by atoms with E-state index in [1.807, 2.05) is 19.9 Å². The Balaban J connectivity index is 2.09. The molecule has 22 heavy (non-hydrogen) atoms. The van der Waals surface area contributed by atoms with Gasteiger partial charge in [0.15, 0.2) is 10.1 Å². The Morgan fingerprint density at radius 1 is 1.18 bits per heavy atom. The van der Waals surface area contributed by atoms with Gasteiger partial charge in [-0.25, -0.2) is 0 Å². The zero-order chi connectivity index (χ0) is 16.3. The number of nitrogens with one attached hydrogen (secondary N) is 1. The number of Topliss-reactive ketones (excluding diaryl/α,β-unsaturated/α-hetero) is 1. The van der Waals surface area contributed by atoms with Gasteiger partial charge in [-0.2, -0.15) is 0 Å². The van der Waals surface area contributed by atoms with Crippen molar-refractivity contribution in [2.24, 2.45) is 0 Å². The largest absolute Gasteiger partial charge is 0.360 e. The van der Waals surface area contributed by atoms with Crippen molar-refractivity contribution in [3.05, 3.63) is 33.9 Å². The maximum Gasteiger partial charge on any atom is 0.206 e. The topological polar surface area (TPSA) is 54.9 Å². The molecular weight excluding hydrogens is 314 g/mol. The first-order chi connectivity index (χ1) is 10.4. The minimum Gasteiger partial charge on any atom is -0.360 e. The average molecular weight is 335 g/mol. The van der Waals surface area contributed by atoms with Gasteiger partial charge in [0.1, 0.15) is 0 Å². The van der Waals surface area contributed by atoms with Crippen LogP contribution in [0.1, 0.15) is 39.5 Å². The Hall–Kier alpha value is -1.40. The van der Waals surface area contributed by atoms with Crippen LogP contribution in [-0.4, -0.2) is 28.3 Å². The number of thioether (sulfide) groups is 1. The lowest BCUT2D eigenvalue weighted by Crippen LogP contribution is -2.08. The van der Waals surface area contributed by atoms with Gasteiger partial charge < -0.3 is 5.32 Å². The Bertz CT molecular complexity index is 695. The predicted molar refractivity (Wildman–Crippen MR) is 94.5 cm³/mol. The average Bonchev–Trinajstić information content (AvgIpc) is 2.94. The third-order valence-corrected chi connectivity index (χ3v) is 5.86. The van der Waals surface area contributed by atoms with Crippen LogP contribution in [0.15, 0.2) is 10.4 Å². The molecule has 0 bridgehead atoms. The van der Waals surface area contributed by atoms with E-state index in [0.29, 0.717) is 5.75 Å². The van der Waals surface area contributed by atoms with E-state index in [1.165, 1.54) is 39.8 Å². The van der Waals surface area contributed by atoms with Gasteiger partial charge in [-0.05, 0) is 62.9 Å². The molecule has 0 unspecified atom stereocenters. The fourth-order valence-corrected chi connectivity index (χ4v) is 3.90. The van der Waals surface area contributed by atoms with E-state index in [1.54, 1.807) is 0 Å². The molecule has 0 aliphatic rings. The van der Waals surface area contributed by atoms with E-state index in [0.717, 1.165) is 27.1 Å². The van der Waals surface area contributed by atoms with Crippen molar-refractivity contribution in [2.45, 2.75) is 39.0 Å². The molecule has 0 amide bonds. The van der Waals surface area contributed by atoms with E-state index in [2.05, 4.69) is 36.3 Å². The number of anilines is 1. The molecule has 0 aliphatic heterocycles. The lowest BCUT2D eigenvalue weighted by atomic mass is 9.93. The normalized spacial score (nSPS) is 10.8. The number of aromatic nitrogens is 2. The number of carbonyl (C=O) groups excluding carboxylic acids is 1. The predicted octanol–water partition coefficient (Wildman–Crippen LogP) is 4.18. The molecule has 0 saturated heterocycles. The molecule has 0 saturated carbocycles. The van der Waals surface area contributed by atoms with E-state index in [-0.39, 0.29) is 5.78 Å². The third kappa shape index (κ3) is 3.67. The molecule has 0 atom stereocenters. The minimum atomic E-state index is 0.147. The van der Waals surface area contributed by atoms with E-state index in [4.69, 9.17) is 0 Å². The first-order valence-electron chi connectivity index (χ1n) is 7.24. The Labute approximate surface area is 139 Å². The van der Waals surface area contributed by atoms with Crippen LogP contribution >= 0.6 is 23.1 Å². The Morgan fingerprint density at radius 2 is 1.91 bits per heavy atom. The van der Waals surface area contributed by atoms with Crippen LogP contribution in [0.4, 0.5) is 5.13 Å². The number of aryl methyl sites for hydroxylation is 1. The van der Waals surface area contributed by atoms with Crippen LogP contribution in [0, 0.1) is 27.7 Å². The number of hydrogen-bond donors (Lipinski definition) is 1. The Kier molecular flexibility index (Phi) is 5.58. The second-order valence-electron chi connectivity index (χ2n) is 5.23. The first-order valence-corrected chi connectivity index (χ1v) is 9.05. The minimum absolute atomic E-state index is 0.147. The highest BCUT2D eigenvalue weighted by Gasteiger charge is 2.15. The summed E-state index contributed by atoms with van der Waals surface area (Å²) in [5.41, 5.74) is 5.55. The van der Waals surface area contributed by atoms with Crippen LogP contribution < -0.4 is 5.32 Å². The lowest BCUT2D eigenvalue weighted by molar-refractivity contribution is 0.102. The van der Waals surface area contributed by atoms with Crippen LogP contribution in [0.25, 0.3) is 0 Å². The number of benzene rings is 1. The zero-order valence-electron chi connectivity index (χ0n) is 13.6. The summed E-state index contributed by atoms with van der Waals surface area (Å²) in [7, 11) is 0. The molecule has 1 N–H and O–H groups in total. The van der Waals surface area contributed by atoms with Crippen LogP contribution in [-0.2, 0) is 0 Å². The highest BCUT2D eigenvalue weighted by molar-refractivity contribution is 8.01. The standard InChI is InChI=1S/C16H21N3OS2/c1-6-17-15-18-19-16(22-15)21-8-14(20)13-7-9(2)10(3)11(4)12(13)5/h7H,6,8H2,1-5H3,(H,17,18). The number of ketones is 1. The Morgan fingerprint density at radius 3 is 2.59 bits per heavy atom. The number of rotatable bonds is 6. The summed E-state index contributed by atoms with van der Waals surface area (Å²) in [6.45, 7) is 11.1. The van der Waals surface area contributed by atoms with Gasteiger partial charge >= 0.3 is 0 Å². The molecule has 0 aliphatic carbocycles. The highest BCUT2D eigenvalue weighted by Crippen LogP contribution is 2.27. The molecule has 2 aromatic rings. The molecule has 1 heterocycles. The van der Waals surface area contributed by atoms with Gasteiger partial charge in [-0.3, -0.25) is 4.79 Å². The fraction of sp³-hybridized carbons (Fsp3) is 0.438.